The molecule has 0 fully saturated rings. The number of halogens is 5. The number of hydrogen-bond acceptors (Lipinski definition) is 3. The third kappa shape index (κ3) is 4.42. The van der Waals surface area contributed by atoms with Crippen LogP contribution < -0.4 is 5.32 Å². The summed E-state index contributed by atoms with van der Waals surface area (Å²) >= 11 is 6.54. The first-order valence-corrected chi connectivity index (χ1v) is 11.0. The topological polar surface area (TPSA) is 59.3 Å². The highest BCUT2D eigenvalue weighted by Gasteiger charge is 2.36. The van der Waals surface area contributed by atoms with E-state index < -0.39 is 17.8 Å². The summed E-state index contributed by atoms with van der Waals surface area (Å²) in [6, 6.07) is 16.5. The van der Waals surface area contributed by atoms with Gasteiger partial charge in [-0.15, -0.1) is 0 Å². The van der Waals surface area contributed by atoms with Crippen LogP contribution in [0.25, 0.3) is 16.9 Å². The Balaban J connectivity index is 1.79. The van der Waals surface area contributed by atoms with Gasteiger partial charge in [0.05, 0.1) is 16.2 Å². The second kappa shape index (κ2) is 8.67. The molecule has 0 spiro atoms. The van der Waals surface area contributed by atoms with E-state index in [4.69, 9.17) is 0 Å². The predicted molar refractivity (Wildman–Crippen MR) is 121 cm³/mol. The van der Waals surface area contributed by atoms with Crippen molar-refractivity contribution in [3.05, 3.63) is 86.6 Å². The summed E-state index contributed by atoms with van der Waals surface area (Å²) in [4.78, 5) is 17.2. The minimum Gasteiger partial charge on any atom is -0.344 e. The highest BCUT2D eigenvalue weighted by molar-refractivity contribution is 9.11. The van der Waals surface area contributed by atoms with Crippen molar-refractivity contribution in [3.8, 4) is 11.3 Å². The molecule has 0 saturated heterocycles. The molecule has 0 radical (unpaired) electrons. The van der Waals surface area contributed by atoms with Crippen molar-refractivity contribution in [3.63, 3.8) is 0 Å². The molecule has 2 aromatic carbocycles. The van der Waals surface area contributed by atoms with E-state index >= 15 is 0 Å². The van der Waals surface area contributed by atoms with Crippen molar-refractivity contribution in [2.24, 2.45) is 0 Å². The molecule has 1 amide bonds. The quantitative estimate of drug-likeness (QED) is 0.309. The van der Waals surface area contributed by atoms with Crippen molar-refractivity contribution in [1.82, 2.24) is 19.9 Å². The van der Waals surface area contributed by atoms with Gasteiger partial charge >= 0.3 is 6.18 Å². The molecular weight excluding hydrogens is 553 g/mol. The fourth-order valence-electron chi connectivity index (χ4n) is 3.20. The van der Waals surface area contributed by atoms with E-state index in [1.54, 1.807) is 31.2 Å². The highest BCUT2D eigenvalue weighted by Crippen LogP contribution is 2.35. The molecule has 4 rings (SSSR count). The Bertz CT molecular complexity index is 1290. The molecule has 1 N–H and O–H groups in total. The van der Waals surface area contributed by atoms with Gasteiger partial charge in [-0.1, -0.05) is 58.4 Å². The number of hydrogen-bond donors (Lipinski definition) is 1. The predicted octanol–water partition coefficient (Wildman–Crippen LogP) is 6.43. The largest absolute Gasteiger partial charge is 0.433 e. The van der Waals surface area contributed by atoms with E-state index in [1.165, 1.54) is 0 Å². The first kappa shape index (κ1) is 22.5. The second-order valence-corrected chi connectivity index (χ2v) is 8.74. The maximum atomic E-state index is 13.8. The van der Waals surface area contributed by atoms with Crippen molar-refractivity contribution >= 4 is 43.4 Å². The molecule has 0 aliphatic rings. The lowest BCUT2D eigenvalue weighted by Gasteiger charge is -2.13. The van der Waals surface area contributed by atoms with Crippen LogP contribution in [0.2, 0.25) is 0 Å². The number of carbonyl (C=O) groups excluding carboxylic acids is 1. The van der Waals surface area contributed by atoms with Crippen LogP contribution in [0.15, 0.2) is 69.6 Å². The van der Waals surface area contributed by atoms with Gasteiger partial charge in [0.2, 0.25) is 0 Å². The number of alkyl halides is 3. The number of fused-ring (bicyclic) bond motifs is 1. The van der Waals surface area contributed by atoms with Crippen molar-refractivity contribution in [2.75, 3.05) is 0 Å². The average Bonchev–Trinajstić information content (AvgIpc) is 3.10. The fourth-order valence-corrected chi connectivity index (χ4v) is 3.98. The van der Waals surface area contributed by atoms with Gasteiger partial charge in [-0.3, -0.25) is 4.79 Å². The summed E-state index contributed by atoms with van der Waals surface area (Å²) in [6.45, 7) is 1.78. The van der Waals surface area contributed by atoms with Gasteiger partial charge in [-0.2, -0.15) is 18.3 Å². The van der Waals surface area contributed by atoms with Crippen LogP contribution in [0.1, 0.15) is 34.7 Å². The molecule has 0 saturated carbocycles. The summed E-state index contributed by atoms with van der Waals surface area (Å²) in [5.74, 6) is -0.614. The lowest BCUT2D eigenvalue weighted by Crippen LogP contribution is -2.27. The monoisotopic (exact) mass is 566 g/mol. The smallest absolute Gasteiger partial charge is 0.344 e. The summed E-state index contributed by atoms with van der Waals surface area (Å²) in [7, 11) is 0. The van der Waals surface area contributed by atoms with E-state index in [2.05, 4.69) is 47.3 Å². The normalized spacial score (nSPS) is 12.7. The molecule has 5 nitrogen and oxygen atoms in total. The Kier molecular flexibility index (Phi) is 6.09. The van der Waals surface area contributed by atoms with Crippen LogP contribution in [0, 0.1) is 0 Å². The SMILES string of the molecule is C[C@@H](NC(=O)c1nn2c(C(F)(F)F)cc(-c3ccc(Br)cc3)nc2c1Br)c1ccccc1. The number of nitrogens with one attached hydrogen (secondary N) is 1. The van der Waals surface area contributed by atoms with Gasteiger partial charge in [0, 0.05) is 10.0 Å². The second-order valence-electron chi connectivity index (χ2n) is 7.04. The summed E-state index contributed by atoms with van der Waals surface area (Å²) in [5.41, 5.74) is 0.151. The zero-order valence-electron chi connectivity index (χ0n) is 16.5. The highest BCUT2D eigenvalue weighted by atomic mass is 79.9. The van der Waals surface area contributed by atoms with E-state index in [1.807, 2.05) is 30.3 Å². The number of nitrogens with zero attached hydrogens (tertiary/aromatic N) is 3. The maximum Gasteiger partial charge on any atom is 0.433 e. The molecule has 0 bridgehead atoms. The number of aromatic nitrogens is 3. The Morgan fingerprint density at radius 1 is 1.06 bits per heavy atom. The van der Waals surface area contributed by atoms with Crippen LogP contribution in [0.5, 0.6) is 0 Å². The Hall–Kier alpha value is -2.72. The lowest BCUT2D eigenvalue weighted by molar-refractivity contribution is -0.142. The van der Waals surface area contributed by atoms with Gasteiger partial charge in [0.15, 0.2) is 17.0 Å². The minimum absolute atomic E-state index is 0.0831. The summed E-state index contributed by atoms with van der Waals surface area (Å²) < 4.78 is 43.0. The third-order valence-electron chi connectivity index (χ3n) is 4.83. The lowest BCUT2D eigenvalue weighted by atomic mass is 10.1. The third-order valence-corrected chi connectivity index (χ3v) is 6.08. The number of rotatable bonds is 4. The average molecular weight is 568 g/mol. The number of carbonyl (C=O) groups is 1. The maximum absolute atomic E-state index is 13.8. The van der Waals surface area contributed by atoms with Crippen LogP contribution in [-0.2, 0) is 6.18 Å². The molecule has 32 heavy (non-hydrogen) atoms. The van der Waals surface area contributed by atoms with E-state index in [9.17, 15) is 18.0 Å². The van der Waals surface area contributed by atoms with E-state index in [0.717, 1.165) is 16.1 Å². The molecule has 2 heterocycles. The molecule has 4 aromatic rings. The Morgan fingerprint density at radius 3 is 2.34 bits per heavy atom. The zero-order chi connectivity index (χ0) is 23.0. The first-order valence-electron chi connectivity index (χ1n) is 9.43. The molecule has 2 aromatic heterocycles. The van der Waals surface area contributed by atoms with E-state index in [0.29, 0.717) is 10.1 Å². The van der Waals surface area contributed by atoms with Crippen LogP contribution in [0.3, 0.4) is 0 Å². The van der Waals surface area contributed by atoms with Gasteiger partial charge in [0.1, 0.15) is 0 Å². The van der Waals surface area contributed by atoms with Crippen LogP contribution in [-0.4, -0.2) is 20.5 Å². The molecule has 0 unspecified atom stereocenters. The number of amides is 1. The Labute approximate surface area is 197 Å². The molecule has 1 atom stereocenters. The van der Waals surface area contributed by atoms with Crippen molar-refractivity contribution in [1.29, 1.82) is 0 Å². The van der Waals surface area contributed by atoms with Gasteiger partial charge < -0.3 is 5.32 Å². The van der Waals surface area contributed by atoms with Gasteiger partial charge in [0.25, 0.3) is 5.91 Å². The molecule has 164 valence electrons. The van der Waals surface area contributed by atoms with Crippen LogP contribution >= 0.6 is 31.9 Å². The minimum atomic E-state index is -4.71. The first-order chi connectivity index (χ1) is 15.1. The fraction of sp³-hybridized carbons (Fsp3) is 0.136. The number of benzene rings is 2. The molecule has 0 aliphatic carbocycles. The van der Waals surface area contributed by atoms with Crippen LogP contribution in [0.4, 0.5) is 13.2 Å². The molecule has 0 aliphatic heterocycles. The Morgan fingerprint density at radius 2 is 1.72 bits per heavy atom. The molecular formula is C22H15Br2F3N4O. The molecule has 10 heteroatoms. The summed E-state index contributed by atoms with van der Waals surface area (Å²) in [6.07, 6.45) is -4.71. The summed E-state index contributed by atoms with van der Waals surface area (Å²) in [5, 5.41) is 6.71. The zero-order valence-corrected chi connectivity index (χ0v) is 19.7. The van der Waals surface area contributed by atoms with Gasteiger partial charge in [-0.25, -0.2) is 9.50 Å². The van der Waals surface area contributed by atoms with Gasteiger partial charge in [-0.05, 0) is 46.6 Å². The van der Waals surface area contributed by atoms with E-state index in [-0.39, 0.29) is 27.5 Å². The van der Waals surface area contributed by atoms with Crippen molar-refractivity contribution < 1.29 is 18.0 Å². The van der Waals surface area contributed by atoms with Crippen molar-refractivity contribution in [2.45, 2.75) is 19.1 Å². The standard InChI is InChI=1S/C22H15Br2F3N4O/c1-12(13-5-3-2-4-6-13)28-21(32)19-18(24)20-29-16(14-7-9-15(23)10-8-14)11-17(22(25,26)27)31(20)30-19/h2-12H,1H3,(H,28,32)/t12-/m1/s1.